The molecule has 7 nitrogen and oxygen atoms in total. The van der Waals surface area contributed by atoms with Crippen LogP contribution in [0.2, 0.25) is 5.02 Å². The summed E-state index contributed by atoms with van der Waals surface area (Å²) in [4.78, 5) is 23.1. The summed E-state index contributed by atoms with van der Waals surface area (Å²) in [5, 5.41) is 6.93. The Bertz CT molecular complexity index is 871. The van der Waals surface area contributed by atoms with E-state index in [1.54, 1.807) is 24.3 Å². The largest absolute Gasteiger partial charge is 0.490 e. The Balaban J connectivity index is 2.00. The lowest BCUT2D eigenvalue weighted by Gasteiger charge is -2.12. The summed E-state index contributed by atoms with van der Waals surface area (Å²) in [6, 6.07) is 12.7. The molecule has 0 aromatic heterocycles. The van der Waals surface area contributed by atoms with Gasteiger partial charge in [0.1, 0.15) is 6.61 Å². The Morgan fingerprint density at radius 1 is 1.07 bits per heavy atom. The number of benzene rings is 2. The van der Waals surface area contributed by atoms with Crippen LogP contribution in [0.25, 0.3) is 0 Å². The van der Waals surface area contributed by atoms with E-state index in [1.807, 2.05) is 32.0 Å². The highest BCUT2D eigenvalue weighted by Gasteiger charge is 2.11. The third kappa shape index (κ3) is 7.46. The van der Waals surface area contributed by atoms with Crippen LogP contribution >= 0.6 is 11.6 Å². The third-order valence-corrected chi connectivity index (χ3v) is 3.91. The number of rotatable bonds is 9. The van der Waals surface area contributed by atoms with Gasteiger partial charge in [0, 0.05) is 11.6 Å². The lowest BCUT2D eigenvalue weighted by molar-refractivity contribution is -0.139. The van der Waals surface area contributed by atoms with Gasteiger partial charge in [-0.05, 0) is 54.8 Å². The molecule has 8 heteroatoms. The highest BCUT2D eigenvalue weighted by molar-refractivity contribution is 6.35. The first-order valence-corrected chi connectivity index (χ1v) is 9.66. The highest BCUT2D eigenvalue weighted by Crippen LogP contribution is 2.29. The predicted octanol–water partition coefficient (Wildman–Crippen LogP) is 3.29. The normalized spacial score (nSPS) is 10.6. The monoisotopic (exact) mass is 417 g/mol. The molecule has 2 amide bonds. The van der Waals surface area contributed by atoms with E-state index in [9.17, 15) is 9.59 Å². The molecule has 0 atom stereocenters. The van der Waals surface area contributed by atoms with E-state index in [-0.39, 0.29) is 0 Å². The number of hydrogen-bond acceptors (Lipinski definition) is 5. The van der Waals surface area contributed by atoms with E-state index >= 15 is 0 Å². The van der Waals surface area contributed by atoms with Gasteiger partial charge in [0.05, 0.1) is 12.8 Å². The number of carbonyl (C=O) groups excluding carboxylic acids is 2. The summed E-state index contributed by atoms with van der Waals surface area (Å²) in [6.07, 6.45) is 2.17. The number of nitrogens with zero attached hydrogens (tertiary/aromatic N) is 1. The Hall–Kier alpha value is -3.06. The SMILES string of the molecule is CCCNC(=O)C(=O)N/N=C\c1ccc(OCc2cccc(Cl)c2)c(OCC)c1. The molecule has 0 aliphatic heterocycles. The number of hydrogen-bond donors (Lipinski definition) is 2. The number of hydrazone groups is 1. The van der Waals surface area contributed by atoms with Gasteiger partial charge in [0.15, 0.2) is 11.5 Å². The first-order valence-electron chi connectivity index (χ1n) is 9.28. The van der Waals surface area contributed by atoms with Gasteiger partial charge in [-0.1, -0.05) is 30.7 Å². The number of carbonyl (C=O) groups is 2. The molecule has 0 aliphatic rings. The van der Waals surface area contributed by atoms with Crippen molar-refractivity contribution < 1.29 is 19.1 Å². The van der Waals surface area contributed by atoms with Crippen LogP contribution in [0.1, 0.15) is 31.4 Å². The van der Waals surface area contributed by atoms with Crippen molar-refractivity contribution in [3.8, 4) is 11.5 Å². The van der Waals surface area contributed by atoms with Crippen LogP contribution in [0.15, 0.2) is 47.6 Å². The molecule has 0 saturated carbocycles. The molecule has 0 radical (unpaired) electrons. The van der Waals surface area contributed by atoms with Crippen LogP contribution in [0, 0.1) is 0 Å². The molecule has 0 bridgehead atoms. The molecule has 0 aliphatic carbocycles. The minimum Gasteiger partial charge on any atom is -0.490 e. The highest BCUT2D eigenvalue weighted by atomic mass is 35.5. The molecular weight excluding hydrogens is 394 g/mol. The zero-order chi connectivity index (χ0) is 21.1. The van der Waals surface area contributed by atoms with Crippen molar-refractivity contribution in [2.75, 3.05) is 13.2 Å². The minimum atomic E-state index is -0.818. The lowest BCUT2D eigenvalue weighted by Crippen LogP contribution is -2.38. The van der Waals surface area contributed by atoms with E-state index < -0.39 is 11.8 Å². The molecule has 2 aromatic carbocycles. The molecule has 29 heavy (non-hydrogen) atoms. The molecule has 0 unspecified atom stereocenters. The fourth-order valence-electron chi connectivity index (χ4n) is 2.32. The average molecular weight is 418 g/mol. The maximum Gasteiger partial charge on any atom is 0.329 e. The van der Waals surface area contributed by atoms with E-state index in [1.165, 1.54) is 6.21 Å². The van der Waals surface area contributed by atoms with Crippen LogP contribution in [-0.4, -0.2) is 31.2 Å². The van der Waals surface area contributed by atoms with Crippen molar-refractivity contribution in [2.24, 2.45) is 5.10 Å². The first-order chi connectivity index (χ1) is 14.0. The Morgan fingerprint density at radius 3 is 2.62 bits per heavy atom. The summed E-state index contributed by atoms with van der Waals surface area (Å²) >= 11 is 5.99. The Kier molecular flexibility index (Phi) is 8.98. The van der Waals surface area contributed by atoms with Crippen LogP contribution in [0.3, 0.4) is 0 Å². The maximum atomic E-state index is 11.6. The van der Waals surface area contributed by atoms with Gasteiger partial charge in [-0.15, -0.1) is 0 Å². The average Bonchev–Trinajstić information content (AvgIpc) is 2.71. The summed E-state index contributed by atoms with van der Waals surface area (Å²) in [5.74, 6) is -0.414. The van der Waals surface area contributed by atoms with Gasteiger partial charge >= 0.3 is 11.8 Å². The molecular formula is C21H24ClN3O4. The van der Waals surface area contributed by atoms with Gasteiger partial charge in [0.25, 0.3) is 0 Å². The zero-order valence-electron chi connectivity index (χ0n) is 16.4. The summed E-state index contributed by atoms with van der Waals surface area (Å²) in [6.45, 7) is 5.01. The fourth-order valence-corrected chi connectivity index (χ4v) is 2.53. The lowest BCUT2D eigenvalue weighted by atomic mass is 10.2. The molecule has 0 saturated heterocycles. The van der Waals surface area contributed by atoms with Crippen LogP contribution in [0.4, 0.5) is 0 Å². The molecule has 2 aromatic rings. The zero-order valence-corrected chi connectivity index (χ0v) is 17.2. The predicted molar refractivity (Wildman–Crippen MR) is 112 cm³/mol. The molecule has 0 fully saturated rings. The second-order valence-corrected chi connectivity index (χ2v) is 6.45. The minimum absolute atomic E-state index is 0.344. The van der Waals surface area contributed by atoms with Gasteiger partial charge in [-0.2, -0.15) is 5.10 Å². The van der Waals surface area contributed by atoms with E-state index in [0.717, 1.165) is 12.0 Å². The van der Waals surface area contributed by atoms with Crippen molar-refractivity contribution in [3.63, 3.8) is 0 Å². The van der Waals surface area contributed by atoms with Crippen LogP contribution < -0.4 is 20.2 Å². The van der Waals surface area contributed by atoms with Crippen molar-refractivity contribution in [2.45, 2.75) is 26.9 Å². The quantitative estimate of drug-likeness (QED) is 0.372. The molecule has 2 N–H and O–H groups in total. The third-order valence-electron chi connectivity index (χ3n) is 3.67. The van der Waals surface area contributed by atoms with Gasteiger partial charge in [0.2, 0.25) is 0 Å². The topological polar surface area (TPSA) is 89.0 Å². The number of nitrogens with one attached hydrogen (secondary N) is 2. The standard InChI is InChI=1S/C21H24ClN3O4/c1-3-10-23-20(26)21(27)25-24-13-15-8-9-18(19(12-15)28-4-2)29-14-16-6-5-7-17(22)11-16/h5-9,11-13H,3-4,10,14H2,1-2H3,(H,23,26)(H,25,27)/b24-13-. The van der Waals surface area contributed by atoms with Crippen molar-refractivity contribution in [3.05, 3.63) is 58.6 Å². The van der Waals surface area contributed by atoms with Crippen molar-refractivity contribution >= 4 is 29.6 Å². The van der Waals surface area contributed by atoms with E-state index in [0.29, 0.717) is 41.8 Å². The van der Waals surface area contributed by atoms with E-state index in [4.69, 9.17) is 21.1 Å². The number of amides is 2. The molecule has 0 spiro atoms. The summed E-state index contributed by atoms with van der Waals surface area (Å²) in [5.41, 5.74) is 3.81. The van der Waals surface area contributed by atoms with Gasteiger partial charge in [-0.3, -0.25) is 9.59 Å². The first kappa shape index (κ1) is 22.2. The van der Waals surface area contributed by atoms with Crippen LogP contribution in [-0.2, 0) is 16.2 Å². The number of ether oxygens (including phenoxy) is 2. The Morgan fingerprint density at radius 2 is 1.90 bits per heavy atom. The van der Waals surface area contributed by atoms with Crippen molar-refractivity contribution in [1.82, 2.24) is 10.7 Å². The van der Waals surface area contributed by atoms with E-state index in [2.05, 4.69) is 15.8 Å². The molecule has 154 valence electrons. The smallest absolute Gasteiger partial charge is 0.329 e. The van der Waals surface area contributed by atoms with Gasteiger partial charge < -0.3 is 14.8 Å². The van der Waals surface area contributed by atoms with Crippen molar-refractivity contribution in [1.29, 1.82) is 0 Å². The number of halogens is 1. The fraction of sp³-hybridized carbons (Fsp3) is 0.286. The van der Waals surface area contributed by atoms with Gasteiger partial charge in [-0.25, -0.2) is 5.43 Å². The molecule has 0 heterocycles. The summed E-state index contributed by atoms with van der Waals surface area (Å²) < 4.78 is 11.5. The maximum absolute atomic E-state index is 11.6. The second-order valence-electron chi connectivity index (χ2n) is 6.01. The Labute approximate surface area is 175 Å². The van der Waals surface area contributed by atoms with Crippen LogP contribution in [0.5, 0.6) is 11.5 Å². The summed E-state index contributed by atoms with van der Waals surface area (Å²) in [7, 11) is 0. The molecule has 2 rings (SSSR count). The second kappa shape index (κ2) is 11.7.